The monoisotopic (exact) mass is 493 g/mol. The van der Waals surface area contributed by atoms with Gasteiger partial charge in [0, 0.05) is 40.8 Å². The second-order valence-corrected chi connectivity index (χ2v) is 9.39. The summed E-state index contributed by atoms with van der Waals surface area (Å²) < 4.78 is 10.7. The molecule has 2 heterocycles. The van der Waals surface area contributed by atoms with Gasteiger partial charge in [-0.15, -0.1) is 0 Å². The summed E-state index contributed by atoms with van der Waals surface area (Å²) in [4.78, 5) is 30.8. The third-order valence-electron chi connectivity index (χ3n) is 6.83. The average Bonchev–Trinajstić information content (AvgIpc) is 3.15. The number of nitrogens with zero attached hydrogens (tertiary/aromatic N) is 1. The Morgan fingerprint density at radius 1 is 1.20 bits per heavy atom. The number of aromatic nitrogens is 1. The lowest BCUT2D eigenvalue weighted by Crippen LogP contribution is -2.35. The van der Waals surface area contributed by atoms with Gasteiger partial charge in [-0.2, -0.15) is 0 Å². The molecule has 2 aromatic carbocycles. The summed E-state index contributed by atoms with van der Waals surface area (Å²) in [6.07, 6.45) is 6.91. The normalized spacial score (nSPS) is 17.1. The second-order valence-electron chi connectivity index (χ2n) is 8.96. The molecule has 35 heavy (non-hydrogen) atoms. The van der Waals surface area contributed by atoms with Crippen LogP contribution >= 0.6 is 11.6 Å². The molecular weight excluding hydrogens is 466 g/mol. The molecule has 2 aliphatic rings. The Morgan fingerprint density at radius 3 is 2.80 bits per heavy atom. The van der Waals surface area contributed by atoms with Crippen LogP contribution in [0.1, 0.15) is 47.7 Å². The van der Waals surface area contributed by atoms with Gasteiger partial charge in [0.1, 0.15) is 0 Å². The molecule has 5 rings (SSSR count). The molecule has 3 aromatic rings. The molecule has 0 saturated carbocycles. The third kappa shape index (κ3) is 4.60. The van der Waals surface area contributed by atoms with E-state index in [0.29, 0.717) is 23.1 Å². The first kappa shape index (κ1) is 23.3. The molecule has 1 aliphatic heterocycles. The zero-order chi connectivity index (χ0) is 24.5. The highest BCUT2D eigenvalue weighted by atomic mass is 35.5. The summed E-state index contributed by atoms with van der Waals surface area (Å²) in [5, 5.41) is 5.00. The molecule has 0 fully saturated rings. The van der Waals surface area contributed by atoms with Crippen molar-refractivity contribution in [3.8, 4) is 11.5 Å². The van der Waals surface area contributed by atoms with E-state index >= 15 is 0 Å². The minimum atomic E-state index is -0.0779. The molecule has 1 atom stereocenters. The number of ether oxygens (including phenoxy) is 2. The van der Waals surface area contributed by atoms with Crippen LogP contribution < -0.4 is 14.8 Å². The van der Waals surface area contributed by atoms with Crippen LogP contribution in [0.2, 0.25) is 5.02 Å². The number of fused-ring (bicyclic) bond motifs is 4. The fourth-order valence-corrected chi connectivity index (χ4v) is 5.20. The minimum Gasteiger partial charge on any atom is -0.493 e. The molecule has 182 valence electrons. The number of aryl methyl sites for hydroxylation is 1. The SMILES string of the molecule is COc1cc2c(cc1OC)CC(=O)N(CCC(=O)NC1CCCc3c1[nH]c1ccc(Cl)cc31)C=C2. The van der Waals surface area contributed by atoms with Crippen molar-refractivity contribution in [1.29, 1.82) is 0 Å². The van der Waals surface area contributed by atoms with E-state index in [4.69, 9.17) is 21.1 Å². The van der Waals surface area contributed by atoms with Crippen LogP contribution in [0.25, 0.3) is 17.0 Å². The fourth-order valence-electron chi connectivity index (χ4n) is 5.03. The largest absolute Gasteiger partial charge is 0.493 e. The maximum atomic E-state index is 12.9. The summed E-state index contributed by atoms with van der Waals surface area (Å²) in [5.74, 6) is 1.06. The first-order chi connectivity index (χ1) is 17.0. The van der Waals surface area contributed by atoms with Gasteiger partial charge >= 0.3 is 0 Å². The van der Waals surface area contributed by atoms with Crippen molar-refractivity contribution in [2.24, 2.45) is 0 Å². The average molecular weight is 494 g/mol. The van der Waals surface area contributed by atoms with Crippen molar-refractivity contribution >= 4 is 40.4 Å². The summed E-state index contributed by atoms with van der Waals surface area (Å²) in [6, 6.07) is 9.46. The van der Waals surface area contributed by atoms with Crippen molar-refractivity contribution in [1.82, 2.24) is 15.2 Å². The number of methoxy groups -OCH3 is 2. The van der Waals surface area contributed by atoms with E-state index in [2.05, 4.69) is 10.3 Å². The zero-order valence-corrected chi connectivity index (χ0v) is 20.6. The Hall–Kier alpha value is -3.45. The molecule has 2 N–H and O–H groups in total. The number of amides is 2. The summed E-state index contributed by atoms with van der Waals surface area (Å²) in [5.41, 5.74) is 5.09. The molecule has 2 amide bonds. The van der Waals surface area contributed by atoms with E-state index in [1.54, 1.807) is 25.3 Å². The smallest absolute Gasteiger partial charge is 0.230 e. The van der Waals surface area contributed by atoms with E-state index in [9.17, 15) is 9.59 Å². The number of halogens is 1. The number of H-pyrrole nitrogens is 1. The Kier molecular flexibility index (Phi) is 6.43. The molecule has 1 unspecified atom stereocenters. The Labute approximate surface area is 209 Å². The van der Waals surface area contributed by atoms with Gasteiger partial charge in [-0.3, -0.25) is 9.59 Å². The molecule has 0 radical (unpaired) electrons. The van der Waals surface area contributed by atoms with Crippen molar-refractivity contribution in [3.05, 3.63) is 63.9 Å². The van der Waals surface area contributed by atoms with E-state index in [0.717, 1.165) is 47.0 Å². The number of carbonyl (C=O) groups is 2. The van der Waals surface area contributed by atoms with Crippen LogP contribution in [-0.2, 0) is 22.4 Å². The maximum absolute atomic E-state index is 12.9. The van der Waals surface area contributed by atoms with Gasteiger partial charge in [-0.1, -0.05) is 11.6 Å². The standard InChI is InChI=1S/C27H28ClN3O4/c1-34-23-12-16-8-10-31(26(33)14-17(16)13-24(23)35-2)11-9-25(32)29-22-5-3-4-19-20-15-18(28)6-7-21(20)30-27(19)22/h6-8,10,12-13,15,22,30H,3-5,9,11,14H2,1-2H3,(H,29,32). The first-order valence-corrected chi connectivity index (χ1v) is 12.2. The van der Waals surface area contributed by atoms with E-state index in [-0.39, 0.29) is 30.7 Å². The fraction of sp³-hybridized carbons (Fsp3) is 0.333. The summed E-state index contributed by atoms with van der Waals surface area (Å²) in [6.45, 7) is 0.311. The van der Waals surface area contributed by atoms with Crippen LogP contribution in [0.15, 0.2) is 36.5 Å². The number of hydrogen-bond acceptors (Lipinski definition) is 4. The second kappa shape index (κ2) is 9.66. The number of carbonyl (C=O) groups excluding carboxylic acids is 2. The molecule has 0 bridgehead atoms. The minimum absolute atomic E-state index is 0.0625. The number of nitrogens with one attached hydrogen (secondary N) is 2. The van der Waals surface area contributed by atoms with E-state index in [1.165, 1.54) is 5.56 Å². The number of hydrogen-bond donors (Lipinski definition) is 2. The van der Waals surface area contributed by atoms with Crippen LogP contribution in [-0.4, -0.2) is 42.5 Å². The number of rotatable bonds is 6. The summed E-state index contributed by atoms with van der Waals surface area (Å²) in [7, 11) is 3.16. The predicted octanol–water partition coefficient (Wildman–Crippen LogP) is 4.78. The quantitative estimate of drug-likeness (QED) is 0.517. The van der Waals surface area contributed by atoms with Crippen LogP contribution in [0.3, 0.4) is 0 Å². The van der Waals surface area contributed by atoms with Crippen LogP contribution in [0, 0.1) is 0 Å². The zero-order valence-electron chi connectivity index (χ0n) is 19.8. The lowest BCUT2D eigenvalue weighted by Gasteiger charge is -2.24. The Morgan fingerprint density at radius 2 is 2.00 bits per heavy atom. The molecule has 1 aromatic heterocycles. The molecule has 1 aliphatic carbocycles. The van der Waals surface area contributed by atoms with Gasteiger partial charge in [-0.25, -0.2) is 0 Å². The van der Waals surface area contributed by atoms with Crippen molar-refractivity contribution < 1.29 is 19.1 Å². The van der Waals surface area contributed by atoms with Gasteiger partial charge < -0.3 is 24.7 Å². The number of benzene rings is 2. The molecule has 8 heteroatoms. The van der Waals surface area contributed by atoms with Gasteiger partial charge in [0.05, 0.1) is 26.7 Å². The van der Waals surface area contributed by atoms with Gasteiger partial charge in [-0.05, 0) is 72.4 Å². The topological polar surface area (TPSA) is 83.7 Å². The van der Waals surface area contributed by atoms with Gasteiger partial charge in [0.25, 0.3) is 0 Å². The first-order valence-electron chi connectivity index (χ1n) is 11.8. The Bertz CT molecular complexity index is 1330. The van der Waals surface area contributed by atoms with E-state index in [1.807, 2.05) is 36.4 Å². The predicted molar refractivity (Wildman–Crippen MR) is 136 cm³/mol. The van der Waals surface area contributed by atoms with E-state index < -0.39 is 0 Å². The van der Waals surface area contributed by atoms with Crippen LogP contribution in [0.4, 0.5) is 0 Å². The lowest BCUT2D eigenvalue weighted by molar-refractivity contribution is -0.128. The summed E-state index contributed by atoms with van der Waals surface area (Å²) >= 11 is 6.20. The lowest BCUT2D eigenvalue weighted by atomic mass is 9.91. The molecular formula is C27H28ClN3O4. The van der Waals surface area contributed by atoms with Gasteiger partial charge in [0.15, 0.2) is 11.5 Å². The Balaban J connectivity index is 1.25. The highest BCUT2D eigenvalue weighted by molar-refractivity contribution is 6.31. The molecule has 0 spiro atoms. The molecule has 0 saturated heterocycles. The maximum Gasteiger partial charge on any atom is 0.230 e. The van der Waals surface area contributed by atoms with Crippen molar-refractivity contribution in [2.75, 3.05) is 20.8 Å². The third-order valence-corrected chi connectivity index (χ3v) is 7.06. The number of aromatic amines is 1. The van der Waals surface area contributed by atoms with Crippen molar-refractivity contribution in [2.45, 2.75) is 38.1 Å². The highest BCUT2D eigenvalue weighted by Crippen LogP contribution is 2.36. The van der Waals surface area contributed by atoms with Gasteiger partial charge in [0.2, 0.25) is 11.8 Å². The highest BCUT2D eigenvalue weighted by Gasteiger charge is 2.26. The molecule has 7 nitrogen and oxygen atoms in total. The van der Waals surface area contributed by atoms with Crippen LogP contribution in [0.5, 0.6) is 11.5 Å². The van der Waals surface area contributed by atoms with Crippen molar-refractivity contribution in [3.63, 3.8) is 0 Å².